The number of hydrogen-bond acceptors (Lipinski definition) is 5. The van der Waals surface area contributed by atoms with Crippen LogP contribution >= 0.6 is 0 Å². The quantitative estimate of drug-likeness (QED) is 0.369. The minimum absolute atomic E-state index is 0.118. The number of hydrogen-bond donors (Lipinski definition) is 3. The Balaban J connectivity index is 4.73. The highest BCUT2D eigenvalue weighted by molar-refractivity contribution is 5.88. The third-order valence-electron chi connectivity index (χ3n) is 2.62. The summed E-state index contributed by atoms with van der Waals surface area (Å²) in [5.74, 6) is -3.12. The van der Waals surface area contributed by atoms with Crippen LogP contribution in [0.2, 0.25) is 0 Å². The number of rotatable bonds is 8. The monoisotopic (exact) mass is 258 g/mol. The van der Waals surface area contributed by atoms with Gasteiger partial charge in [0.25, 0.3) is 0 Å². The Labute approximate surface area is 105 Å². The summed E-state index contributed by atoms with van der Waals surface area (Å²) in [7, 11) is 0. The van der Waals surface area contributed by atoms with Gasteiger partial charge in [0.1, 0.15) is 5.78 Å². The van der Waals surface area contributed by atoms with Crippen molar-refractivity contribution in [2.45, 2.75) is 32.9 Å². The molecule has 0 aromatic carbocycles. The van der Waals surface area contributed by atoms with Crippen LogP contribution in [0.4, 0.5) is 0 Å². The first-order chi connectivity index (χ1) is 8.29. The second kappa shape index (κ2) is 7.54. The number of carbonyl (C=O) groups excluding carboxylic acids is 4. The van der Waals surface area contributed by atoms with E-state index in [9.17, 15) is 19.2 Å². The molecule has 0 aliphatic rings. The zero-order valence-corrected chi connectivity index (χ0v) is 10.4. The molecular formula is C11H18N2O5. The van der Waals surface area contributed by atoms with Gasteiger partial charge in [-0.25, -0.2) is 0 Å². The Morgan fingerprint density at radius 2 is 1.94 bits per heavy atom. The van der Waals surface area contributed by atoms with E-state index in [2.05, 4.69) is 0 Å². The lowest BCUT2D eigenvalue weighted by molar-refractivity contribution is -0.137. The van der Waals surface area contributed by atoms with Crippen molar-refractivity contribution in [3.05, 3.63) is 0 Å². The fraction of sp³-hybridized carbons (Fsp3) is 0.636. The number of aliphatic hydroxyl groups is 1. The molecule has 102 valence electrons. The van der Waals surface area contributed by atoms with Crippen LogP contribution in [-0.2, 0) is 19.2 Å². The van der Waals surface area contributed by atoms with E-state index in [0.717, 1.165) is 0 Å². The topological polar surface area (TPSA) is 127 Å². The van der Waals surface area contributed by atoms with Crippen LogP contribution in [0.5, 0.6) is 0 Å². The Morgan fingerprint density at radius 3 is 2.33 bits per heavy atom. The maximum atomic E-state index is 11.7. The molecule has 0 rings (SSSR count). The third-order valence-corrected chi connectivity index (χ3v) is 2.62. The summed E-state index contributed by atoms with van der Waals surface area (Å²) >= 11 is 0. The molecule has 0 aliphatic heterocycles. The van der Waals surface area contributed by atoms with Gasteiger partial charge in [0, 0.05) is 18.3 Å². The van der Waals surface area contributed by atoms with Crippen molar-refractivity contribution >= 4 is 23.9 Å². The van der Waals surface area contributed by atoms with Crippen LogP contribution in [0, 0.1) is 11.8 Å². The van der Waals surface area contributed by atoms with Crippen molar-refractivity contribution in [3.63, 3.8) is 0 Å². The van der Waals surface area contributed by atoms with Crippen molar-refractivity contribution in [3.8, 4) is 0 Å². The van der Waals surface area contributed by atoms with Gasteiger partial charge in [0.2, 0.25) is 11.8 Å². The second-order valence-corrected chi connectivity index (χ2v) is 4.13. The molecule has 0 aliphatic carbocycles. The van der Waals surface area contributed by atoms with Gasteiger partial charge < -0.3 is 21.0 Å². The van der Waals surface area contributed by atoms with Crippen molar-refractivity contribution in [2.75, 3.05) is 0 Å². The zero-order valence-electron chi connectivity index (χ0n) is 10.4. The lowest BCUT2D eigenvalue weighted by Gasteiger charge is -2.21. The lowest BCUT2D eigenvalue weighted by atomic mass is 9.87. The van der Waals surface area contributed by atoms with E-state index < -0.39 is 29.9 Å². The van der Waals surface area contributed by atoms with Crippen LogP contribution in [-0.4, -0.2) is 35.2 Å². The largest absolute Gasteiger partial charge is 0.369 e. The van der Waals surface area contributed by atoms with Crippen molar-refractivity contribution in [1.29, 1.82) is 0 Å². The van der Waals surface area contributed by atoms with Crippen LogP contribution < -0.4 is 11.1 Å². The summed E-state index contributed by atoms with van der Waals surface area (Å²) in [6.45, 7) is 2.82. The highest BCUT2D eigenvalue weighted by Crippen LogP contribution is 2.18. The van der Waals surface area contributed by atoms with E-state index in [1.165, 1.54) is 13.8 Å². The van der Waals surface area contributed by atoms with E-state index in [0.29, 0.717) is 0 Å². The molecule has 3 atom stereocenters. The normalized spacial score (nSPS) is 15.3. The minimum Gasteiger partial charge on any atom is -0.369 e. The summed E-state index contributed by atoms with van der Waals surface area (Å²) in [5.41, 5.74) is 5.11. The molecule has 3 unspecified atom stereocenters. The average molecular weight is 258 g/mol. The predicted molar refractivity (Wildman–Crippen MR) is 62.0 cm³/mol. The highest BCUT2D eigenvalue weighted by atomic mass is 16.3. The molecule has 0 aromatic heterocycles. The number of carbonyl (C=O) groups is 4. The maximum absolute atomic E-state index is 11.7. The first-order valence-corrected chi connectivity index (χ1v) is 5.52. The Kier molecular flexibility index (Phi) is 6.81. The number of nitrogens with two attached hydrogens (primary N) is 1. The zero-order chi connectivity index (χ0) is 14.3. The van der Waals surface area contributed by atoms with Gasteiger partial charge >= 0.3 is 0 Å². The van der Waals surface area contributed by atoms with E-state index in [4.69, 9.17) is 10.8 Å². The van der Waals surface area contributed by atoms with Gasteiger partial charge in [-0.2, -0.15) is 0 Å². The second-order valence-electron chi connectivity index (χ2n) is 4.13. The molecule has 0 radical (unpaired) electrons. The van der Waals surface area contributed by atoms with Gasteiger partial charge in [-0.15, -0.1) is 0 Å². The summed E-state index contributed by atoms with van der Waals surface area (Å²) < 4.78 is 0. The first kappa shape index (κ1) is 16.2. The molecular weight excluding hydrogens is 240 g/mol. The number of Topliss-reactive ketones (excluding diaryl/α,β-unsaturated/α-hetero) is 1. The Morgan fingerprint density at radius 1 is 1.39 bits per heavy atom. The molecule has 2 amide bonds. The average Bonchev–Trinajstić information content (AvgIpc) is 2.28. The molecule has 0 saturated heterocycles. The van der Waals surface area contributed by atoms with Crippen LogP contribution in [0.15, 0.2) is 0 Å². The SMILES string of the molecule is CC(=O)CCC(C(=O)NC(O)C=O)C(C)C(N)=O. The van der Waals surface area contributed by atoms with Gasteiger partial charge in [-0.1, -0.05) is 6.92 Å². The van der Waals surface area contributed by atoms with Crippen molar-refractivity contribution < 1.29 is 24.3 Å². The van der Waals surface area contributed by atoms with E-state index in [1.54, 1.807) is 0 Å². The number of amides is 2. The van der Waals surface area contributed by atoms with E-state index in [1.807, 2.05) is 5.32 Å². The minimum atomic E-state index is -1.63. The maximum Gasteiger partial charge on any atom is 0.226 e. The van der Waals surface area contributed by atoms with Gasteiger partial charge in [0.15, 0.2) is 12.5 Å². The van der Waals surface area contributed by atoms with Crippen LogP contribution in [0.25, 0.3) is 0 Å². The highest BCUT2D eigenvalue weighted by Gasteiger charge is 2.29. The number of ketones is 1. The summed E-state index contributed by atoms with van der Waals surface area (Å²) in [6, 6.07) is 0. The summed E-state index contributed by atoms with van der Waals surface area (Å²) in [5, 5.41) is 11.0. The first-order valence-electron chi connectivity index (χ1n) is 5.52. The van der Waals surface area contributed by atoms with Gasteiger partial charge in [-0.3, -0.25) is 14.4 Å². The summed E-state index contributed by atoms with van der Waals surface area (Å²) in [6.07, 6.45) is -1.23. The molecule has 0 fully saturated rings. The number of aliphatic hydroxyl groups excluding tert-OH is 1. The van der Waals surface area contributed by atoms with E-state index >= 15 is 0 Å². The molecule has 0 aromatic rings. The van der Waals surface area contributed by atoms with E-state index in [-0.39, 0.29) is 24.9 Å². The molecule has 0 bridgehead atoms. The standard InChI is InChI=1S/C11H18N2O5/c1-6(15)3-4-8(7(2)10(12)17)11(18)13-9(16)5-14/h5,7-9,16H,3-4H2,1-2H3,(H2,12,17)(H,13,18). The third kappa shape index (κ3) is 5.53. The van der Waals surface area contributed by atoms with Crippen LogP contribution in [0.3, 0.4) is 0 Å². The molecule has 18 heavy (non-hydrogen) atoms. The van der Waals surface area contributed by atoms with Crippen molar-refractivity contribution in [2.24, 2.45) is 17.6 Å². The predicted octanol–water partition coefficient (Wildman–Crippen LogP) is -1.27. The number of nitrogens with one attached hydrogen (secondary N) is 1. The molecule has 7 heteroatoms. The van der Waals surface area contributed by atoms with Crippen LogP contribution in [0.1, 0.15) is 26.7 Å². The number of primary amides is 1. The molecule has 0 spiro atoms. The smallest absolute Gasteiger partial charge is 0.226 e. The molecule has 4 N–H and O–H groups in total. The molecule has 7 nitrogen and oxygen atoms in total. The number of aldehydes is 1. The fourth-order valence-corrected chi connectivity index (χ4v) is 1.45. The van der Waals surface area contributed by atoms with Gasteiger partial charge in [0.05, 0.1) is 0 Å². The molecule has 0 saturated carbocycles. The molecule has 0 heterocycles. The fourth-order valence-electron chi connectivity index (χ4n) is 1.45. The van der Waals surface area contributed by atoms with Gasteiger partial charge in [-0.05, 0) is 13.3 Å². The lowest BCUT2D eigenvalue weighted by Crippen LogP contribution is -2.44. The van der Waals surface area contributed by atoms with Crippen molar-refractivity contribution in [1.82, 2.24) is 5.32 Å². The summed E-state index contributed by atoms with van der Waals surface area (Å²) in [4.78, 5) is 43.9. The Bertz CT molecular complexity index is 342. The Hall–Kier alpha value is -1.76.